The van der Waals surface area contributed by atoms with Gasteiger partial charge in [-0.3, -0.25) is 9.69 Å². The Morgan fingerprint density at radius 1 is 1.44 bits per heavy atom. The van der Waals surface area contributed by atoms with Crippen LogP contribution >= 0.6 is 0 Å². The van der Waals surface area contributed by atoms with Gasteiger partial charge in [-0.05, 0) is 61.4 Å². The average molecular weight is 439 g/mol. The van der Waals surface area contributed by atoms with E-state index in [1.807, 2.05) is 42.2 Å². The van der Waals surface area contributed by atoms with Gasteiger partial charge in [0.05, 0.1) is 12.3 Å². The minimum absolute atomic E-state index is 0.444. The Bertz CT molecular complexity index is 961. The van der Waals surface area contributed by atoms with Crippen LogP contribution in [-0.2, 0) is 17.6 Å². The highest BCUT2D eigenvalue weighted by Gasteiger charge is 2.32. The van der Waals surface area contributed by atoms with Gasteiger partial charge in [0, 0.05) is 19.5 Å². The van der Waals surface area contributed by atoms with Crippen LogP contribution in [0.5, 0.6) is 5.75 Å². The number of carboxylic acid groups (broad SMARTS) is 1. The average Bonchev–Trinajstić information content (AvgIpc) is 3.10. The van der Waals surface area contributed by atoms with Gasteiger partial charge in [-0.15, -0.1) is 6.58 Å². The lowest BCUT2D eigenvalue weighted by atomic mass is 9.92. The first kappa shape index (κ1) is 23.8. The molecule has 1 N–H and O–H groups in total. The Morgan fingerprint density at radius 2 is 2.25 bits per heavy atom. The molecule has 0 radical (unpaired) electrons. The fraction of sp³-hybridized carbons (Fsp3) is 0.462. The third-order valence-corrected chi connectivity index (χ3v) is 5.68. The molecule has 0 saturated carbocycles. The second-order valence-electron chi connectivity index (χ2n) is 8.65. The van der Waals surface area contributed by atoms with Gasteiger partial charge in [0.2, 0.25) is 5.89 Å². The van der Waals surface area contributed by atoms with E-state index in [0.717, 1.165) is 48.4 Å². The number of benzene rings is 1. The molecule has 1 aromatic heterocycles. The first-order chi connectivity index (χ1) is 15.4. The molecule has 2 aromatic rings. The maximum atomic E-state index is 12.0. The number of fused-ring (bicyclic) bond motifs is 1. The lowest BCUT2D eigenvalue weighted by Gasteiger charge is -2.34. The molecule has 1 unspecified atom stereocenters. The molecule has 1 aliphatic heterocycles. The van der Waals surface area contributed by atoms with Crippen molar-refractivity contribution in [3.63, 3.8) is 0 Å². The number of aryl methyl sites for hydroxylation is 1. The summed E-state index contributed by atoms with van der Waals surface area (Å²) in [6, 6.07) is 5.14. The molecular weight excluding hydrogens is 404 g/mol. The highest BCUT2D eigenvalue weighted by molar-refractivity contribution is 5.77. The molecule has 0 amide bonds. The van der Waals surface area contributed by atoms with E-state index in [1.165, 1.54) is 0 Å². The predicted octanol–water partition coefficient (Wildman–Crippen LogP) is 5.22. The van der Waals surface area contributed by atoms with Crippen LogP contribution in [0, 0.1) is 12.8 Å². The molecule has 32 heavy (non-hydrogen) atoms. The maximum absolute atomic E-state index is 12.0. The van der Waals surface area contributed by atoms with E-state index in [4.69, 9.17) is 9.15 Å². The number of ether oxygens (including phenoxy) is 1. The first-order valence-corrected chi connectivity index (χ1v) is 11.3. The molecule has 1 aromatic carbocycles. The van der Waals surface area contributed by atoms with E-state index in [1.54, 1.807) is 0 Å². The number of nitrogens with zero attached hydrogens (tertiary/aromatic N) is 2. The third kappa shape index (κ3) is 6.10. The van der Waals surface area contributed by atoms with E-state index in [-0.39, 0.29) is 0 Å². The largest absolute Gasteiger partial charge is 0.493 e. The van der Waals surface area contributed by atoms with Gasteiger partial charge >= 0.3 is 5.97 Å². The Kier molecular flexibility index (Phi) is 8.28. The quantitative estimate of drug-likeness (QED) is 0.485. The normalized spacial score (nSPS) is 16.4. The summed E-state index contributed by atoms with van der Waals surface area (Å²) in [5.41, 5.74) is 2.77. The SMILES string of the molecule is C=CCCN1CCc2ccc(OCCc3nc(C=CCC(C)C)oc3C)cc2C1C(=O)O. The molecule has 3 rings (SSSR count). The molecule has 1 aliphatic rings. The topological polar surface area (TPSA) is 75.8 Å². The van der Waals surface area contributed by atoms with E-state index in [9.17, 15) is 9.90 Å². The van der Waals surface area contributed by atoms with Gasteiger partial charge in [-0.2, -0.15) is 0 Å². The van der Waals surface area contributed by atoms with Crippen LogP contribution in [-0.4, -0.2) is 40.7 Å². The molecule has 0 saturated heterocycles. The van der Waals surface area contributed by atoms with Crippen molar-refractivity contribution >= 4 is 12.0 Å². The van der Waals surface area contributed by atoms with Crippen molar-refractivity contribution in [3.8, 4) is 5.75 Å². The molecule has 0 bridgehead atoms. The Hall–Kier alpha value is -2.86. The molecule has 6 nitrogen and oxygen atoms in total. The van der Waals surface area contributed by atoms with Gasteiger partial charge in [0.1, 0.15) is 17.6 Å². The number of oxazole rings is 1. The van der Waals surface area contributed by atoms with Crippen LogP contribution in [0.15, 0.2) is 41.3 Å². The van der Waals surface area contributed by atoms with E-state index < -0.39 is 12.0 Å². The summed E-state index contributed by atoms with van der Waals surface area (Å²) >= 11 is 0. The molecular formula is C26H34N2O4. The highest BCUT2D eigenvalue weighted by Crippen LogP contribution is 2.33. The molecule has 6 heteroatoms. The van der Waals surface area contributed by atoms with Crippen molar-refractivity contribution in [3.05, 3.63) is 65.4 Å². The van der Waals surface area contributed by atoms with E-state index in [2.05, 4.69) is 31.5 Å². The number of aliphatic carboxylic acids is 1. The van der Waals surface area contributed by atoms with Crippen molar-refractivity contribution in [2.24, 2.45) is 5.92 Å². The second-order valence-corrected chi connectivity index (χ2v) is 8.65. The Balaban J connectivity index is 1.64. The lowest BCUT2D eigenvalue weighted by Crippen LogP contribution is -2.40. The van der Waals surface area contributed by atoms with Crippen LogP contribution in [0.2, 0.25) is 0 Å². The van der Waals surface area contributed by atoms with Crippen LogP contribution in [0.3, 0.4) is 0 Å². The third-order valence-electron chi connectivity index (χ3n) is 5.68. The van der Waals surface area contributed by atoms with Crippen molar-refractivity contribution in [1.29, 1.82) is 0 Å². The van der Waals surface area contributed by atoms with Crippen molar-refractivity contribution in [2.75, 3.05) is 19.7 Å². The van der Waals surface area contributed by atoms with Gasteiger partial charge in [-0.25, -0.2) is 4.98 Å². The molecule has 0 spiro atoms. The first-order valence-electron chi connectivity index (χ1n) is 11.3. The van der Waals surface area contributed by atoms with E-state index in [0.29, 0.717) is 37.1 Å². The number of carboxylic acids is 1. The van der Waals surface area contributed by atoms with Gasteiger partial charge in [0.25, 0.3) is 0 Å². The lowest BCUT2D eigenvalue weighted by molar-refractivity contribution is -0.144. The smallest absolute Gasteiger partial charge is 0.325 e. The van der Waals surface area contributed by atoms with Crippen LogP contribution < -0.4 is 4.74 Å². The summed E-state index contributed by atoms with van der Waals surface area (Å²) in [7, 11) is 0. The highest BCUT2D eigenvalue weighted by atomic mass is 16.5. The number of aromatic nitrogens is 1. The monoisotopic (exact) mass is 438 g/mol. The van der Waals surface area contributed by atoms with Gasteiger partial charge in [0.15, 0.2) is 0 Å². The van der Waals surface area contributed by atoms with Crippen molar-refractivity contribution < 1.29 is 19.1 Å². The van der Waals surface area contributed by atoms with Crippen molar-refractivity contribution in [2.45, 2.75) is 52.5 Å². The van der Waals surface area contributed by atoms with Crippen LogP contribution in [0.1, 0.15) is 61.2 Å². The summed E-state index contributed by atoms with van der Waals surface area (Å²) < 4.78 is 11.7. The Morgan fingerprint density at radius 3 is 2.97 bits per heavy atom. The summed E-state index contributed by atoms with van der Waals surface area (Å²) in [6.45, 7) is 11.9. The molecule has 1 atom stereocenters. The zero-order chi connectivity index (χ0) is 23.1. The second kappa shape index (κ2) is 11.1. The number of hydrogen-bond donors (Lipinski definition) is 1. The molecule has 0 aliphatic carbocycles. The standard InChI is InChI=1S/C26H34N2O4/c1-5-6-14-28-15-12-20-10-11-21(17-22(20)25(28)26(29)30)31-16-13-23-19(4)32-24(27-23)9-7-8-18(2)3/h5,7,9-11,17-18,25H,1,6,8,12-16H2,2-4H3,(H,29,30). The number of allylic oxidation sites excluding steroid dienone is 1. The van der Waals surface area contributed by atoms with Crippen LogP contribution in [0.25, 0.3) is 6.08 Å². The van der Waals surface area contributed by atoms with E-state index >= 15 is 0 Å². The Labute approximate surface area is 190 Å². The van der Waals surface area contributed by atoms with Crippen molar-refractivity contribution in [1.82, 2.24) is 9.88 Å². The zero-order valence-electron chi connectivity index (χ0n) is 19.3. The summed E-state index contributed by atoms with van der Waals surface area (Å²) in [4.78, 5) is 18.6. The predicted molar refractivity (Wildman–Crippen MR) is 126 cm³/mol. The summed E-state index contributed by atoms with van der Waals surface area (Å²) in [6.07, 6.45) is 9.04. The minimum Gasteiger partial charge on any atom is -0.493 e. The molecule has 172 valence electrons. The zero-order valence-corrected chi connectivity index (χ0v) is 19.3. The fourth-order valence-corrected chi connectivity index (χ4v) is 3.98. The number of hydrogen-bond acceptors (Lipinski definition) is 5. The van der Waals surface area contributed by atoms with Crippen LogP contribution in [0.4, 0.5) is 0 Å². The maximum Gasteiger partial charge on any atom is 0.325 e. The van der Waals surface area contributed by atoms with Gasteiger partial charge in [-0.1, -0.05) is 32.1 Å². The number of carbonyl (C=O) groups is 1. The van der Waals surface area contributed by atoms with Gasteiger partial charge < -0.3 is 14.3 Å². The molecule has 2 heterocycles. The number of rotatable bonds is 11. The summed E-state index contributed by atoms with van der Waals surface area (Å²) in [5, 5.41) is 9.86. The fourth-order valence-electron chi connectivity index (χ4n) is 3.98. The molecule has 0 fully saturated rings. The minimum atomic E-state index is -0.830. The summed E-state index contributed by atoms with van der Waals surface area (Å²) in [5.74, 6) is 1.87.